The maximum absolute atomic E-state index is 11.2. The minimum absolute atomic E-state index is 0.112. The van der Waals surface area contributed by atoms with Gasteiger partial charge in [-0.05, 0) is 25.9 Å². The van der Waals surface area contributed by atoms with E-state index in [-0.39, 0.29) is 18.5 Å². The van der Waals surface area contributed by atoms with Crippen LogP contribution in [0.2, 0.25) is 0 Å². The van der Waals surface area contributed by atoms with E-state index in [0.29, 0.717) is 12.8 Å². The molecule has 0 aromatic heterocycles. The molecule has 0 aliphatic carbocycles. The van der Waals surface area contributed by atoms with E-state index in [1.165, 1.54) is 0 Å². The van der Waals surface area contributed by atoms with Crippen LogP contribution in [0.4, 0.5) is 0 Å². The quantitative estimate of drug-likeness (QED) is 0.657. The molecule has 0 aromatic rings. The molecule has 0 atom stereocenters. The Morgan fingerprint density at radius 3 is 2.86 bits per heavy atom. The van der Waals surface area contributed by atoms with Gasteiger partial charge in [-0.1, -0.05) is 0 Å². The van der Waals surface area contributed by atoms with Crippen molar-refractivity contribution in [3.63, 3.8) is 0 Å². The lowest BCUT2D eigenvalue weighted by atomic mass is 10.1. The molecule has 0 amide bonds. The molecule has 1 fully saturated rings. The minimum Gasteiger partial charge on any atom is -0.370 e. The average molecular weight is 195 g/mol. The topological polar surface area (TPSA) is 38.3 Å². The molecule has 0 spiro atoms. The highest BCUT2D eigenvalue weighted by Gasteiger charge is 2.14. The zero-order valence-electron chi connectivity index (χ0n) is 8.42. The van der Waals surface area contributed by atoms with Crippen LogP contribution in [0.3, 0.4) is 0 Å². The third kappa shape index (κ3) is 4.40. The monoisotopic (exact) mass is 195 g/mol. The molecule has 78 valence electrons. The second-order valence-electron chi connectivity index (χ2n) is 3.50. The molecule has 3 heteroatoms. The zero-order valence-corrected chi connectivity index (χ0v) is 8.42. The Kier molecular flexibility index (Phi) is 5.28. The number of ether oxygens (including phenoxy) is 1. The number of Topliss-reactive ketones (excluding diaryl/α,β-unsaturated/α-hetero) is 1. The SMILES string of the molecule is C#CCCC(=O)COC1CCNCC1. The van der Waals surface area contributed by atoms with Gasteiger partial charge in [-0.2, -0.15) is 0 Å². The van der Waals surface area contributed by atoms with Gasteiger partial charge in [-0.25, -0.2) is 0 Å². The standard InChI is InChI=1S/C11H17NO2/c1-2-3-4-10(13)9-14-11-5-7-12-8-6-11/h1,11-12H,3-9H2. The van der Waals surface area contributed by atoms with E-state index in [9.17, 15) is 4.79 Å². The molecule has 1 saturated heterocycles. The Bertz CT molecular complexity index is 214. The lowest BCUT2D eigenvalue weighted by Gasteiger charge is -2.22. The van der Waals surface area contributed by atoms with Crippen molar-refractivity contribution < 1.29 is 9.53 Å². The smallest absolute Gasteiger partial charge is 0.159 e. The molecule has 1 rings (SSSR count). The van der Waals surface area contributed by atoms with Crippen LogP contribution in [-0.2, 0) is 9.53 Å². The number of hydrogen-bond donors (Lipinski definition) is 1. The van der Waals surface area contributed by atoms with Crippen molar-refractivity contribution in [1.82, 2.24) is 5.32 Å². The Morgan fingerprint density at radius 2 is 2.21 bits per heavy atom. The number of hydrogen-bond acceptors (Lipinski definition) is 3. The van der Waals surface area contributed by atoms with Crippen molar-refractivity contribution in [3.8, 4) is 12.3 Å². The summed E-state index contributed by atoms with van der Waals surface area (Å²) in [4.78, 5) is 11.2. The first-order chi connectivity index (χ1) is 6.83. The number of carbonyl (C=O) groups excluding carboxylic acids is 1. The van der Waals surface area contributed by atoms with Gasteiger partial charge in [0, 0.05) is 12.8 Å². The van der Waals surface area contributed by atoms with Crippen LogP contribution in [0.5, 0.6) is 0 Å². The van der Waals surface area contributed by atoms with Crippen LogP contribution in [-0.4, -0.2) is 31.6 Å². The van der Waals surface area contributed by atoms with Gasteiger partial charge < -0.3 is 10.1 Å². The first kappa shape index (κ1) is 11.2. The van der Waals surface area contributed by atoms with Crippen LogP contribution in [0.1, 0.15) is 25.7 Å². The summed E-state index contributed by atoms with van der Waals surface area (Å²) in [5.74, 6) is 2.56. The summed E-state index contributed by atoms with van der Waals surface area (Å²) in [6.45, 7) is 2.21. The van der Waals surface area contributed by atoms with Crippen molar-refractivity contribution in [1.29, 1.82) is 0 Å². The third-order valence-corrected chi connectivity index (χ3v) is 2.31. The second-order valence-corrected chi connectivity index (χ2v) is 3.50. The molecular weight excluding hydrogens is 178 g/mol. The van der Waals surface area contributed by atoms with E-state index < -0.39 is 0 Å². The van der Waals surface area contributed by atoms with Crippen LogP contribution in [0, 0.1) is 12.3 Å². The maximum Gasteiger partial charge on any atom is 0.159 e. The van der Waals surface area contributed by atoms with Gasteiger partial charge in [-0.3, -0.25) is 4.79 Å². The van der Waals surface area contributed by atoms with Gasteiger partial charge in [0.25, 0.3) is 0 Å². The van der Waals surface area contributed by atoms with E-state index in [1.807, 2.05) is 0 Å². The summed E-state index contributed by atoms with van der Waals surface area (Å²) in [6, 6.07) is 0. The summed E-state index contributed by atoms with van der Waals surface area (Å²) >= 11 is 0. The first-order valence-electron chi connectivity index (χ1n) is 5.10. The fourth-order valence-electron chi connectivity index (χ4n) is 1.46. The molecule has 14 heavy (non-hydrogen) atoms. The predicted molar refractivity (Wildman–Crippen MR) is 54.9 cm³/mol. The lowest BCUT2D eigenvalue weighted by Crippen LogP contribution is -2.33. The van der Waals surface area contributed by atoms with E-state index >= 15 is 0 Å². The van der Waals surface area contributed by atoms with Gasteiger partial charge in [0.1, 0.15) is 6.61 Å². The summed E-state index contributed by atoms with van der Waals surface area (Å²) in [6.07, 6.45) is 8.29. The highest BCUT2D eigenvalue weighted by atomic mass is 16.5. The second kappa shape index (κ2) is 6.58. The summed E-state index contributed by atoms with van der Waals surface area (Å²) in [7, 11) is 0. The summed E-state index contributed by atoms with van der Waals surface area (Å²) in [5.41, 5.74) is 0. The predicted octanol–water partition coefficient (Wildman–Crippen LogP) is 0.737. The molecule has 0 radical (unpaired) electrons. The van der Waals surface area contributed by atoms with Crippen LogP contribution >= 0.6 is 0 Å². The van der Waals surface area contributed by atoms with Crippen LogP contribution < -0.4 is 5.32 Å². The minimum atomic E-state index is 0.112. The number of carbonyl (C=O) groups is 1. The highest BCUT2D eigenvalue weighted by molar-refractivity contribution is 5.79. The van der Waals surface area contributed by atoms with E-state index in [2.05, 4.69) is 11.2 Å². The molecule has 3 nitrogen and oxygen atoms in total. The van der Waals surface area contributed by atoms with E-state index in [4.69, 9.17) is 11.2 Å². The molecular formula is C11H17NO2. The average Bonchev–Trinajstić information content (AvgIpc) is 2.25. The summed E-state index contributed by atoms with van der Waals surface area (Å²) in [5, 5.41) is 3.25. The van der Waals surface area contributed by atoms with Crippen molar-refractivity contribution in [2.75, 3.05) is 19.7 Å². The molecule has 1 N–H and O–H groups in total. The zero-order chi connectivity index (χ0) is 10.2. The first-order valence-corrected chi connectivity index (χ1v) is 5.10. The van der Waals surface area contributed by atoms with Crippen molar-refractivity contribution in [2.45, 2.75) is 31.8 Å². The molecule has 0 saturated carbocycles. The number of rotatable bonds is 5. The Hall–Kier alpha value is -0.850. The number of ketones is 1. The van der Waals surface area contributed by atoms with Crippen molar-refractivity contribution in [3.05, 3.63) is 0 Å². The molecule has 1 heterocycles. The van der Waals surface area contributed by atoms with Gasteiger partial charge in [0.15, 0.2) is 5.78 Å². The normalized spacial score (nSPS) is 17.6. The van der Waals surface area contributed by atoms with Crippen molar-refractivity contribution >= 4 is 5.78 Å². The lowest BCUT2D eigenvalue weighted by molar-refractivity contribution is -0.126. The molecule has 0 aromatic carbocycles. The van der Waals surface area contributed by atoms with Gasteiger partial charge in [-0.15, -0.1) is 12.3 Å². The molecule has 1 aliphatic heterocycles. The number of nitrogens with one attached hydrogen (secondary N) is 1. The highest BCUT2D eigenvalue weighted by Crippen LogP contribution is 2.07. The van der Waals surface area contributed by atoms with Gasteiger partial charge in [0.2, 0.25) is 0 Å². The molecule has 1 aliphatic rings. The largest absolute Gasteiger partial charge is 0.370 e. The van der Waals surface area contributed by atoms with E-state index in [0.717, 1.165) is 25.9 Å². The fraction of sp³-hybridized carbons (Fsp3) is 0.727. The van der Waals surface area contributed by atoms with Crippen molar-refractivity contribution in [2.24, 2.45) is 0 Å². The Balaban J connectivity index is 2.07. The van der Waals surface area contributed by atoms with Crippen LogP contribution in [0.15, 0.2) is 0 Å². The molecule has 0 bridgehead atoms. The molecule has 0 unspecified atom stereocenters. The number of piperidine rings is 1. The van der Waals surface area contributed by atoms with Gasteiger partial charge >= 0.3 is 0 Å². The summed E-state index contributed by atoms with van der Waals surface area (Å²) < 4.78 is 5.48. The van der Waals surface area contributed by atoms with Crippen LogP contribution in [0.25, 0.3) is 0 Å². The maximum atomic E-state index is 11.2. The fourth-order valence-corrected chi connectivity index (χ4v) is 1.46. The van der Waals surface area contributed by atoms with Gasteiger partial charge in [0.05, 0.1) is 6.10 Å². The third-order valence-electron chi connectivity index (χ3n) is 2.31. The van der Waals surface area contributed by atoms with E-state index in [1.54, 1.807) is 0 Å². The Labute approximate surface area is 85.2 Å². The number of terminal acetylenes is 1. The Morgan fingerprint density at radius 1 is 1.50 bits per heavy atom.